The average Bonchev–Trinajstić information content (AvgIpc) is 2.78. The average molecular weight is 457 g/mol. The van der Waals surface area contributed by atoms with Gasteiger partial charge in [-0.2, -0.15) is 8.78 Å². The number of likely N-dealkylation sites (tertiary alicyclic amines) is 1. The summed E-state index contributed by atoms with van der Waals surface area (Å²) < 4.78 is 46.4. The van der Waals surface area contributed by atoms with Gasteiger partial charge in [0.25, 0.3) is 5.91 Å². The number of para-hydroxylation sites is 1. The predicted molar refractivity (Wildman–Crippen MR) is 106 cm³/mol. The minimum absolute atomic E-state index is 0.0136. The molecule has 0 spiro atoms. The summed E-state index contributed by atoms with van der Waals surface area (Å²) in [4.78, 5) is 38.9. The number of amides is 2. The Hall–Kier alpha value is -2.82. The number of halogens is 3. The second kappa shape index (κ2) is 8.97. The standard InChI is InChI=1S/C21H26F3N3O5/c1-19(26-15(28)10-13-20(25)11-6-3-7-12-20)16(29)27(21(22,23)18(30)32-24)17(19)31-14-8-4-2-5-9-14/h2,4-5,8-9,17H,3,6-7,10-13,25H2,1H3,(H,26,28)/t17-,19-/m1/s1. The third-order valence-corrected chi connectivity index (χ3v) is 6.10. The monoisotopic (exact) mass is 457 g/mol. The van der Waals surface area contributed by atoms with Crippen LogP contribution in [0.15, 0.2) is 30.3 Å². The molecule has 0 unspecified atom stereocenters. The van der Waals surface area contributed by atoms with Gasteiger partial charge in [-0.1, -0.05) is 37.5 Å². The Bertz CT molecular complexity index is 863. The summed E-state index contributed by atoms with van der Waals surface area (Å²) in [6, 6.07) is 3.02. The number of carbonyl (C=O) groups is 3. The predicted octanol–water partition coefficient (Wildman–Crippen LogP) is 2.57. The summed E-state index contributed by atoms with van der Waals surface area (Å²) in [5.41, 5.74) is 3.94. The summed E-state index contributed by atoms with van der Waals surface area (Å²) in [6.45, 7) is 1.20. The molecule has 1 heterocycles. The van der Waals surface area contributed by atoms with Gasteiger partial charge in [-0.3, -0.25) is 9.59 Å². The van der Waals surface area contributed by atoms with Crippen LogP contribution in [0.25, 0.3) is 0 Å². The summed E-state index contributed by atoms with van der Waals surface area (Å²) in [6.07, 6.45) is 3.15. The van der Waals surface area contributed by atoms with E-state index < -0.39 is 41.1 Å². The highest BCUT2D eigenvalue weighted by atomic mass is 19.3. The lowest BCUT2D eigenvalue weighted by atomic mass is 9.79. The molecule has 1 saturated carbocycles. The SMILES string of the molecule is C[C@@]1(NC(=O)CCC2(N)CCCCC2)C(=O)N(C(F)(F)C(=O)OF)[C@@H]1Oc1ccccc1. The lowest BCUT2D eigenvalue weighted by Crippen LogP contribution is -2.84. The Balaban J connectivity index is 1.76. The summed E-state index contributed by atoms with van der Waals surface area (Å²) >= 11 is 0. The number of hydrogen-bond donors (Lipinski definition) is 2. The highest BCUT2D eigenvalue weighted by molar-refractivity contribution is 6.00. The molecular weight excluding hydrogens is 431 g/mol. The van der Waals surface area contributed by atoms with Gasteiger partial charge in [0.2, 0.25) is 12.1 Å². The molecule has 32 heavy (non-hydrogen) atoms. The molecule has 0 aromatic heterocycles. The van der Waals surface area contributed by atoms with Crippen LogP contribution in [-0.4, -0.2) is 46.0 Å². The minimum Gasteiger partial charge on any atom is -0.467 e. The van der Waals surface area contributed by atoms with Gasteiger partial charge < -0.3 is 15.8 Å². The third-order valence-electron chi connectivity index (χ3n) is 6.10. The first-order valence-electron chi connectivity index (χ1n) is 10.4. The van der Waals surface area contributed by atoms with Crippen LogP contribution in [0.2, 0.25) is 0 Å². The highest BCUT2D eigenvalue weighted by Crippen LogP contribution is 2.41. The smallest absolute Gasteiger partial charge is 0.440 e. The van der Waals surface area contributed by atoms with E-state index in [4.69, 9.17) is 10.5 Å². The second-order valence-corrected chi connectivity index (χ2v) is 8.54. The summed E-state index contributed by atoms with van der Waals surface area (Å²) in [5, 5.41) is 2.44. The molecule has 2 amide bonds. The maximum atomic E-state index is 14.4. The number of hydrogen-bond acceptors (Lipinski definition) is 6. The van der Waals surface area contributed by atoms with Gasteiger partial charge in [-0.25, -0.2) is 14.6 Å². The number of alkyl halides is 2. The van der Waals surface area contributed by atoms with Crippen molar-refractivity contribution in [2.24, 2.45) is 5.73 Å². The third kappa shape index (κ3) is 4.52. The molecule has 0 radical (unpaired) electrons. The molecule has 1 aliphatic heterocycles. The number of nitrogens with one attached hydrogen (secondary N) is 1. The fraction of sp³-hybridized carbons (Fsp3) is 0.571. The van der Waals surface area contributed by atoms with E-state index in [9.17, 15) is 27.7 Å². The van der Waals surface area contributed by atoms with Crippen molar-refractivity contribution in [2.45, 2.75) is 75.2 Å². The highest BCUT2D eigenvalue weighted by Gasteiger charge is 2.71. The van der Waals surface area contributed by atoms with Crippen LogP contribution in [-0.2, 0) is 19.3 Å². The van der Waals surface area contributed by atoms with E-state index in [-0.39, 0.29) is 17.1 Å². The molecule has 2 fully saturated rings. The van der Waals surface area contributed by atoms with Crippen molar-refractivity contribution in [3.63, 3.8) is 0 Å². The molecule has 1 aliphatic carbocycles. The number of nitrogens with zero attached hydrogens (tertiary/aromatic N) is 1. The first-order chi connectivity index (χ1) is 15.0. The second-order valence-electron chi connectivity index (χ2n) is 8.54. The molecule has 2 aliphatic rings. The molecule has 3 rings (SSSR count). The first-order valence-corrected chi connectivity index (χ1v) is 10.4. The van der Waals surface area contributed by atoms with Crippen LogP contribution < -0.4 is 15.8 Å². The molecule has 1 aromatic carbocycles. The van der Waals surface area contributed by atoms with Crippen LogP contribution in [0.4, 0.5) is 13.3 Å². The van der Waals surface area contributed by atoms with Gasteiger partial charge in [-0.15, -0.1) is 0 Å². The summed E-state index contributed by atoms with van der Waals surface area (Å²) in [5.74, 6) is -4.36. The van der Waals surface area contributed by atoms with Gasteiger partial charge in [0.1, 0.15) is 5.75 Å². The molecule has 8 nitrogen and oxygen atoms in total. The van der Waals surface area contributed by atoms with E-state index in [1.807, 2.05) is 0 Å². The van der Waals surface area contributed by atoms with Crippen LogP contribution in [0.1, 0.15) is 51.9 Å². The van der Waals surface area contributed by atoms with E-state index in [2.05, 4.69) is 10.3 Å². The van der Waals surface area contributed by atoms with Crippen molar-refractivity contribution in [1.29, 1.82) is 0 Å². The molecule has 2 atom stereocenters. The van der Waals surface area contributed by atoms with Crippen molar-refractivity contribution >= 4 is 17.8 Å². The van der Waals surface area contributed by atoms with Crippen molar-refractivity contribution in [2.75, 3.05) is 0 Å². The maximum absolute atomic E-state index is 14.4. The zero-order chi connectivity index (χ0) is 23.6. The number of β-lactam (4-membered cyclic amide) rings is 1. The Morgan fingerprint density at radius 3 is 2.44 bits per heavy atom. The van der Waals surface area contributed by atoms with Gasteiger partial charge in [0.15, 0.2) is 5.54 Å². The van der Waals surface area contributed by atoms with E-state index in [0.29, 0.717) is 6.42 Å². The minimum atomic E-state index is -4.64. The van der Waals surface area contributed by atoms with Crippen LogP contribution in [0.3, 0.4) is 0 Å². The van der Waals surface area contributed by atoms with Crippen molar-refractivity contribution < 1.29 is 37.4 Å². The number of carbonyl (C=O) groups excluding carboxylic acids is 3. The zero-order valence-electron chi connectivity index (χ0n) is 17.6. The lowest BCUT2D eigenvalue weighted by molar-refractivity contribution is -0.274. The van der Waals surface area contributed by atoms with E-state index in [0.717, 1.165) is 32.1 Å². The molecule has 1 saturated heterocycles. The number of benzene rings is 1. The van der Waals surface area contributed by atoms with Crippen molar-refractivity contribution in [3.05, 3.63) is 30.3 Å². The normalized spacial score (nSPS) is 25.0. The van der Waals surface area contributed by atoms with Crippen LogP contribution in [0, 0.1) is 0 Å². The molecule has 3 N–H and O–H groups in total. The zero-order valence-corrected chi connectivity index (χ0v) is 17.6. The molecule has 176 valence electrons. The summed E-state index contributed by atoms with van der Waals surface area (Å²) in [7, 11) is 0. The number of nitrogens with two attached hydrogens (primary N) is 1. The van der Waals surface area contributed by atoms with E-state index >= 15 is 0 Å². The van der Waals surface area contributed by atoms with Crippen molar-refractivity contribution in [3.8, 4) is 5.75 Å². The van der Waals surface area contributed by atoms with E-state index in [1.165, 1.54) is 19.1 Å². The number of ether oxygens (including phenoxy) is 1. The van der Waals surface area contributed by atoms with Gasteiger partial charge in [0.05, 0.1) is 0 Å². The Labute approximate surface area is 183 Å². The molecular formula is C21H26F3N3O5. The quantitative estimate of drug-likeness (QED) is 0.459. The molecule has 0 bridgehead atoms. The Morgan fingerprint density at radius 1 is 1.22 bits per heavy atom. The van der Waals surface area contributed by atoms with Gasteiger partial charge in [-0.05, 0) is 38.3 Å². The first kappa shape index (κ1) is 23.8. The Morgan fingerprint density at radius 2 is 1.84 bits per heavy atom. The topological polar surface area (TPSA) is 111 Å². The molecule has 1 aromatic rings. The van der Waals surface area contributed by atoms with Gasteiger partial charge in [0, 0.05) is 16.5 Å². The van der Waals surface area contributed by atoms with Gasteiger partial charge >= 0.3 is 12.0 Å². The lowest BCUT2D eigenvalue weighted by Gasteiger charge is -2.54. The fourth-order valence-corrected chi connectivity index (χ4v) is 4.21. The van der Waals surface area contributed by atoms with E-state index in [1.54, 1.807) is 18.2 Å². The van der Waals surface area contributed by atoms with Crippen LogP contribution in [0.5, 0.6) is 5.75 Å². The maximum Gasteiger partial charge on any atom is 0.440 e. The van der Waals surface area contributed by atoms with Crippen LogP contribution >= 0.6 is 0 Å². The Kier molecular flexibility index (Phi) is 6.68. The molecule has 11 heteroatoms. The van der Waals surface area contributed by atoms with Crippen molar-refractivity contribution in [1.82, 2.24) is 10.2 Å². The number of rotatable bonds is 8. The fourth-order valence-electron chi connectivity index (χ4n) is 4.21. The largest absolute Gasteiger partial charge is 0.467 e.